The number of rotatable bonds is 2. The number of imidazole rings is 1. The maximum Gasteiger partial charge on any atom is 0.106 e. The van der Waals surface area contributed by atoms with Crippen LogP contribution in [0.3, 0.4) is 0 Å². The van der Waals surface area contributed by atoms with Gasteiger partial charge in [-0.15, -0.1) is 0 Å². The van der Waals surface area contributed by atoms with E-state index in [1.807, 2.05) is 6.07 Å². The molecule has 1 aliphatic carbocycles. The van der Waals surface area contributed by atoms with Crippen LogP contribution in [0, 0.1) is 18.8 Å². The predicted molar refractivity (Wildman–Crippen MR) is 85.1 cm³/mol. The molecule has 0 unspecified atom stereocenters. The summed E-state index contributed by atoms with van der Waals surface area (Å²) in [5, 5.41) is 0. The molecule has 0 aliphatic heterocycles. The first-order valence-corrected chi connectivity index (χ1v) is 7.60. The molecular formula is C18H21N3. The molecule has 3 rings (SSSR count). The molecule has 21 heavy (non-hydrogen) atoms. The summed E-state index contributed by atoms with van der Waals surface area (Å²) in [6.45, 7) is 3.39. The molecule has 1 aromatic carbocycles. The molecule has 0 bridgehead atoms. The number of nitrogens with zero attached hydrogens (tertiary/aromatic N) is 2. The molecule has 1 aromatic heterocycles. The van der Waals surface area contributed by atoms with Gasteiger partial charge in [0, 0.05) is 17.8 Å². The Labute approximate surface area is 126 Å². The highest BCUT2D eigenvalue weighted by molar-refractivity contribution is 5.37. The fraction of sp³-hybridized carbons (Fsp3) is 0.389. The van der Waals surface area contributed by atoms with E-state index in [9.17, 15) is 0 Å². The smallest absolute Gasteiger partial charge is 0.106 e. The lowest BCUT2D eigenvalue weighted by molar-refractivity contribution is 0.624. The van der Waals surface area contributed by atoms with E-state index >= 15 is 0 Å². The fourth-order valence-corrected chi connectivity index (χ4v) is 3.03. The van der Waals surface area contributed by atoms with Gasteiger partial charge in [-0.1, -0.05) is 24.0 Å². The first-order valence-electron chi connectivity index (χ1n) is 7.60. The Morgan fingerprint density at radius 1 is 1.29 bits per heavy atom. The van der Waals surface area contributed by atoms with Gasteiger partial charge in [-0.05, 0) is 50.3 Å². The van der Waals surface area contributed by atoms with Crippen molar-refractivity contribution in [2.45, 2.75) is 39.2 Å². The first-order chi connectivity index (χ1) is 10.3. The summed E-state index contributed by atoms with van der Waals surface area (Å²) in [7, 11) is 0. The van der Waals surface area contributed by atoms with Crippen LogP contribution in [-0.4, -0.2) is 16.1 Å². The van der Waals surface area contributed by atoms with Gasteiger partial charge in [0.15, 0.2) is 0 Å². The molecule has 0 spiro atoms. The third-order valence-corrected chi connectivity index (χ3v) is 4.03. The minimum absolute atomic E-state index is 0.401. The molecule has 0 saturated heterocycles. The number of nitrogens with two attached hydrogens (primary N) is 1. The second-order valence-corrected chi connectivity index (χ2v) is 5.55. The van der Waals surface area contributed by atoms with Crippen molar-refractivity contribution in [2.24, 2.45) is 5.73 Å². The van der Waals surface area contributed by atoms with Crippen molar-refractivity contribution in [2.75, 3.05) is 6.54 Å². The van der Waals surface area contributed by atoms with E-state index in [0.29, 0.717) is 6.54 Å². The number of benzene rings is 1. The average molecular weight is 279 g/mol. The molecule has 0 radical (unpaired) electrons. The van der Waals surface area contributed by atoms with E-state index in [0.717, 1.165) is 30.8 Å². The van der Waals surface area contributed by atoms with Crippen molar-refractivity contribution in [3.63, 3.8) is 0 Å². The lowest BCUT2D eigenvalue weighted by atomic mass is 10.0. The fourth-order valence-electron chi connectivity index (χ4n) is 3.03. The lowest BCUT2D eigenvalue weighted by Crippen LogP contribution is -2.10. The minimum atomic E-state index is 0.401. The van der Waals surface area contributed by atoms with Crippen LogP contribution in [0.5, 0.6) is 0 Å². The largest absolute Gasteiger partial charge is 0.328 e. The summed E-state index contributed by atoms with van der Waals surface area (Å²) in [6, 6.07) is 8.40. The van der Waals surface area contributed by atoms with Gasteiger partial charge in [0.05, 0.1) is 12.2 Å². The minimum Gasteiger partial charge on any atom is -0.328 e. The summed E-state index contributed by atoms with van der Waals surface area (Å²) in [4.78, 5) is 4.74. The molecule has 3 heteroatoms. The van der Waals surface area contributed by atoms with E-state index in [-0.39, 0.29) is 0 Å². The van der Waals surface area contributed by atoms with Gasteiger partial charge < -0.3 is 10.3 Å². The van der Waals surface area contributed by atoms with Crippen LogP contribution in [0.1, 0.15) is 41.2 Å². The van der Waals surface area contributed by atoms with Gasteiger partial charge in [-0.25, -0.2) is 4.98 Å². The van der Waals surface area contributed by atoms with Crippen molar-refractivity contribution < 1.29 is 0 Å². The topological polar surface area (TPSA) is 43.8 Å². The molecular weight excluding hydrogens is 258 g/mol. The normalized spacial score (nSPS) is 13.4. The van der Waals surface area contributed by atoms with E-state index in [4.69, 9.17) is 10.7 Å². The molecule has 1 aliphatic rings. The standard InChI is InChI=1S/C18H21N3/c1-14-20-17-9-2-3-10-18(17)21(14)13-16-7-4-6-15(12-16)8-5-11-19/h4,6-7,12H,2-3,9-11,13,19H2,1H3. The van der Waals surface area contributed by atoms with Gasteiger partial charge in [0.2, 0.25) is 0 Å². The second-order valence-electron chi connectivity index (χ2n) is 5.55. The summed E-state index contributed by atoms with van der Waals surface area (Å²) < 4.78 is 2.37. The van der Waals surface area contributed by atoms with Crippen molar-refractivity contribution in [1.29, 1.82) is 0 Å². The zero-order valence-corrected chi connectivity index (χ0v) is 12.5. The lowest BCUT2D eigenvalue weighted by Gasteiger charge is -2.15. The summed E-state index contributed by atoms with van der Waals surface area (Å²) in [5.41, 5.74) is 10.5. The zero-order chi connectivity index (χ0) is 14.7. The Bertz CT molecular complexity index is 701. The highest BCUT2D eigenvalue weighted by atomic mass is 15.1. The van der Waals surface area contributed by atoms with Gasteiger partial charge in [-0.3, -0.25) is 0 Å². The van der Waals surface area contributed by atoms with E-state index in [2.05, 4.69) is 41.5 Å². The Morgan fingerprint density at radius 2 is 2.14 bits per heavy atom. The number of fused-ring (bicyclic) bond motifs is 1. The van der Waals surface area contributed by atoms with E-state index in [1.165, 1.54) is 29.8 Å². The average Bonchev–Trinajstić information content (AvgIpc) is 2.82. The Balaban J connectivity index is 1.88. The molecule has 0 fully saturated rings. The van der Waals surface area contributed by atoms with Crippen LogP contribution in [0.2, 0.25) is 0 Å². The second kappa shape index (κ2) is 6.15. The van der Waals surface area contributed by atoms with Crippen LogP contribution in [0.4, 0.5) is 0 Å². The van der Waals surface area contributed by atoms with Gasteiger partial charge in [0.1, 0.15) is 5.82 Å². The van der Waals surface area contributed by atoms with Gasteiger partial charge >= 0.3 is 0 Å². The number of aromatic nitrogens is 2. The number of hydrogen-bond donors (Lipinski definition) is 1. The molecule has 0 saturated carbocycles. The maximum atomic E-state index is 5.43. The van der Waals surface area contributed by atoms with E-state index < -0.39 is 0 Å². The molecule has 0 atom stereocenters. The highest BCUT2D eigenvalue weighted by Gasteiger charge is 2.17. The molecule has 108 valence electrons. The van der Waals surface area contributed by atoms with Crippen LogP contribution < -0.4 is 5.73 Å². The highest BCUT2D eigenvalue weighted by Crippen LogP contribution is 2.23. The third kappa shape index (κ3) is 3.01. The summed E-state index contributed by atoms with van der Waals surface area (Å²) >= 11 is 0. The number of hydrogen-bond acceptors (Lipinski definition) is 2. The van der Waals surface area contributed by atoms with Crippen LogP contribution in [0.15, 0.2) is 24.3 Å². The Hall–Kier alpha value is -2.05. The number of aryl methyl sites for hydroxylation is 2. The Morgan fingerprint density at radius 3 is 3.00 bits per heavy atom. The van der Waals surface area contributed by atoms with Crippen LogP contribution >= 0.6 is 0 Å². The van der Waals surface area contributed by atoms with Crippen molar-refractivity contribution in [3.8, 4) is 11.8 Å². The monoisotopic (exact) mass is 279 g/mol. The summed E-state index contributed by atoms with van der Waals surface area (Å²) in [6.07, 6.45) is 4.84. The quantitative estimate of drug-likeness (QED) is 0.858. The third-order valence-electron chi connectivity index (χ3n) is 4.03. The molecule has 0 amide bonds. The SMILES string of the molecule is Cc1nc2c(n1Cc1cccc(C#CCN)c1)CCCC2. The van der Waals surface area contributed by atoms with Crippen LogP contribution in [-0.2, 0) is 19.4 Å². The maximum absolute atomic E-state index is 5.43. The van der Waals surface area contributed by atoms with E-state index in [1.54, 1.807) is 0 Å². The molecule has 3 nitrogen and oxygen atoms in total. The molecule has 2 aromatic rings. The van der Waals surface area contributed by atoms with Crippen molar-refractivity contribution >= 4 is 0 Å². The Kier molecular flexibility index (Phi) is 4.08. The first kappa shape index (κ1) is 13.9. The zero-order valence-electron chi connectivity index (χ0n) is 12.5. The van der Waals surface area contributed by atoms with Gasteiger partial charge in [-0.2, -0.15) is 0 Å². The summed E-state index contributed by atoms with van der Waals surface area (Å²) in [5.74, 6) is 7.14. The molecule has 2 N–H and O–H groups in total. The van der Waals surface area contributed by atoms with Crippen molar-refractivity contribution in [1.82, 2.24) is 9.55 Å². The van der Waals surface area contributed by atoms with Crippen molar-refractivity contribution in [3.05, 3.63) is 52.6 Å². The molecule has 1 heterocycles. The van der Waals surface area contributed by atoms with Gasteiger partial charge in [0.25, 0.3) is 0 Å². The van der Waals surface area contributed by atoms with Crippen LogP contribution in [0.25, 0.3) is 0 Å². The predicted octanol–water partition coefficient (Wildman–Crippen LogP) is 2.43.